The maximum atomic E-state index is 13.2. The Balaban J connectivity index is 0.00000197. The molecule has 3 amide bonds. The molecule has 0 aliphatic carbocycles. The maximum Gasteiger partial charge on any atom is 0.305 e. The number of thiazole rings is 1. The molecule has 3 unspecified atom stereocenters. The summed E-state index contributed by atoms with van der Waals surface area (Å²) in [4.78, 5) is 64.6. The van der Waals surface area contributed by atoms with Crippen LogP contribution in [0.15, 0.2) is 35.7 Å². The quantitative estimate of drug-likeness (QED) is 0.0859. The fourth-order valence-corrected chi connectivity index (χ4v) is 6.06. The van der Waals surface area contributed by atoms with Gasteiger partial charge >= 0.3 is 11.9 Å². The number of amides is 3. The average molecular weight is 734 g/mol. The average Bonchev–Trinajstić information content (AvgIpc) is 3.58. The van der Waals surface area contributed by atoms with E-state index in [1.807, 2.05) is 65.1 Å². The second kappa shape index (κ2) is 27.8. The van der Waals surface area contributed by atoms with Gasteiger partial charge in [-0.1, -0.05) is 84.2 Å². The van der Waals surface area contributed by atoms with E-state index in [-0.39, 0.29) is 60.2 Å². The first-order chi connectivity index (χ1) is 24.2. The molecule has 0 spiro atoms. The van der Waals surface area contributed by atoms with Crippen LogP contribution in [0.25, 0.3) is 0 Å². The van der Waals surface area contributed by atoms with Gasteiger partial charge in [0.2, 0.25) is 12.3 Å². The van der Waals surface area contributed by atoms with Crippen molar-refractivity contribution in [2.75, 3.05) is 27.7 Å². The number of carbonyl (C=O) groups excluding carboxylic acids is 5. The minimum Gasteiger partial charge on any atom is -0.469 e. The molecule has 0 saturated heterocycles. The predicted octanol–water partition coefficient (Wildman–Crippen LogP) is 5.85. The van der Waals surface area contributed by atoms with Crippen molar-refractivity contribution in [3.05, 3.63) is 52.0 Å². The van der Waals surface area contributed by atoms with Crippen LogP contribution in [-0.2, 0) is 35.1 Å². The van der Waals surface area contributed by atoms with Crippen LogP contribution in [0.4, 0.5) is 0 Å². The number of hydrogen-bond acceptors (Lipinski definition) is 10. The fourth-order valence-electron chi connectivity index (χ4n) is 5.22. The van der Waals surface area contributed by atoms with Gasteiger partial charge in [-0.05, 0) is 50.3 Å². The Hall–Kier alpha value is -3.84. The van der Waals surface area contributed by atoms with Crippen LogP contribution in [0.1, 0.15) is 120 Å². The molecule has 0 fully saturated rings. The Labute approximate surface area is 309 Å². The van der Waals surface area contributed by atoms with Crippen molar-refractivity contribution in [1.82, 2.24) is 20.5 Å². The van der Waals surface area contributed by atoms with Crippen molar-refractivity contribution in [3.8, 4) is 0 Å². The molecule has 0 radical (unpaired) electrons. The molecule has 51 heavy (non-hydrogen) atoms. The molecule has 0 saturated carbocycles. The molecule has 3 atom stereocenters. The van der Waals surface area contributed by atoms with E-state index in [0.717, 1.165) is 5.56 Å². The van der Waals surface area contributed by atoms with Gasteiger partial charge in [0.05, 0.1) is 7.11 Å². The number of carbonyl (C=O) groups is 5. The van der Waals surface area contributed by atoms with E-state index in [4.69, 9.17) is 14.3 Å². The van der Waals surface area contributed by atoms with Crippen molar-refractivity contribution in [2.45, 2.75) is 118 Å². The van der Waals surface area contributed by atoms with Crippen molar-refractivity contribution in [2.24, 2.45) is 17.6 Å². The summed E-state index contributed by atoms with van der Waals surface area (Å²) in [6, 6.07) is 9.21. The number of hydrogen-bond donors (Lipinski definition) is 3. The largest absolute Gasteiger partial charge is 0.469 e. The number of methoxy groups -OCH3 is 1. The third-order valence-corrected chi connectivity index (χ3v) is 8.84. The first-order valence-corrected chi connectivity index (χ1v) is 18.7. The van der Waals surface area contributed by atoms with Crippen LogP contribution < -0.4 is 16.4 Å². The van der Waals surface area contributed by atoms with Gasteiger partial charge in [0.1, 0.15) is 10.7 Å². The molecule has 12 nitrogen and oxygen atoms in total. The highest BCUT2D eigenvalue weighted by molar-refractivity contribution is 7.09. The molecule has 0 aliphatic rings. The summed E-state index contributed by atoms with van der Waals surface area (Å²) in [7, 11) is 5.12. The standard InChI is InChI=1S/C30H43N3O6S.C7H17N.CH3NO/c1-19(2)15-27(35)33(6)25(20(3)4)17-26(39-21(5)34)30-32-24(18-40-30)29(37)31-23(13-14-28(36)38-7)16-22-11-9-8-10-12-22;1-3-4-5-6-7-8-2;2-1-3/h8-12,18-20,23,25-26H,13-17H2,1-7H3,(H,31,37);8H,3-7H2,1-2H3;1H,(H2,2,3). The van der Waals surface area contributed by atoms with Crippen LogP contribution in [0.5, 0.6) is 0 Å². The molecule has 1 aromatic heterocycles. The highest BCUT2D eigenvalue weighted by Crippen LogP contribution is 2.30. The molecular weight excluding hydrogens is 671 g/mol. The molecular formula is C38H63N5O7S. The van der Waals surface area contributed by atoms with Crippen molar-refractivity contribution >= 4 is 41.5 Å². The van der Waals surface area contributed by atoms with Gasteiger partial charge in [-0.15, -0.1) is 11.3 Å². The summed E-state index contributed by atoms with van der Waals surface area (Å²) in [6.45, 7) is 12.8. The number of aromatic nitrogens is 1. The van der Waals surface area contributed by atoms with E-state index >= 15 is 0 Å². The van der Waals surface area contributed by atoms with Gasteiger partial charge in [0.15, 0.2) is 6.10 Å². The zero-order valence-electron chi connectivity index (χ0n) is 32.2. The topological polar surface area (TPSA) is 170 Å². The summed E-state index contributed by atoms with van der Waals surface area (Å²) in [5.41, 5.74) is 5.40. The lowest BCUT2D eigenvalue weighted by Gasteiger charge is -2.34. The van der Waals surface area contributed by atoms with Gasteiger partial charge in [-0.3, -0.25) is 24.0 Å². The second-order valence-corrected chi connectivity index (χ2v) is 14.0. The lowest BCUT2D eigenvalue weighted by Crippen LogP contribution is -2.42. The number of esters is 2. The number of nitrogens with zero attached hydrogens (tertiary/aromatic N) is 2. The lowest BCUT2D eigenvalue weighted by molar-refractivity contribution is -0.148. The van der Waals surface area contributed by atoms with Gasteiger partial charge in [0, 0.05) is 50.7 Å². The Morgan fingerprint density at radius 2 is 1.71 bits per heavy atom. The highest BCUT2D eigenvalue weighted by Gasteiger charge is 2.31. The smallest absolute Gasteiger partial charge is 0.305 e. The fraction of sp³-hybridized carbons (Fsp3) is 0.632. The lowest BCUT2D eigenvalue weighted by atomic mass is 9.95. The third kappa shape index (κ3) is 21.2. The number of ether oxygens (including phenoxy) is 2. The Kier molecular flexibility index (Phi) is 25.7. The first kappa shape index (κ1) is 47.2. The second-order valence-electron chi connectivity index (χ2n) is 13.1. The predicted molar refractivity (Wildman–Crippen MR) is 203 cm³/mol. The SMILES string of the molecule is CCCCCCNC.COC(=O)CCC(Cc1ccccc1)NC(=O)c1csc(C(CC(C(C)C)N(C)C(=O)CC(C)C)OC(C)=O)n1.NC=O. The van der Waals surface area contributed by atoms with E-state index in [1.54, 1.807) is 17.3 Å². The third-order valence-electron chi connectivity index (χ3n) is 7.90. The molecule has 1 heterocycles. The maximum absolute atomic E-state index is 13.2. The minimum atomic E-state index is -0.704. The molecule has 288 valence electrons. The van der Waals surface area contributed by atoms with Gasteiger partial charge in [-0.25, -0.2) is 4.98 Å². The van der Waals surface area contributed by atoms with Crippen LogP contribution in [-0.4, -0.2) is 79.9 Å². The zero-order chi connectivity index (χ0) is 38.8. The molecule has 2 aromatic rings. The monoisotopic (exact) mass is 733 g/mol. The Bertz CT molecular complexity index is 1270. The highest BCUT2D eigenvalue weighted by atomic mass is 32.1. The molecule has 2 rings (SSSR count). The van der Waals surface area contributed by atoms with Gasteiger partial charge < -0.3 is 30.7 Å². The zero-order valence-corrected chi connectivity index (χ0v) is 33.1. The summed E-state index contributed by atoms with van der Waals surface area (Å²) < 4.78 is 10.4. The van der Waals surface area contributed by atoms with Crippen molar-refractivity contribution < 1.29 is 33.4 Å². The normalized spacial score (nSPS) is 12.3. The van der Waals surface area contributed by atoms with E-state index in [1.165, 1.54) is 57.6 Å². The number of primary amides is 1. The molecule has 0 aliphatic heterocycles. The Morgan fingerprint density at radius 1 is 1.06 bits per heavy atom. The molecule has 1 aromatic carbocycles. The number of unbranched alkanes of at least 4 members (excludes halogenated alkanes) is 3. The summed E-state index contributed by atoms with van der Waals surface area (Å²) in [5.74, 6) is -0.814. The molecule has 13 heteroatoms. The van der Waals surface area contributed by atoms with Crippen molar-refractivity contribution in [1.29, 1.82) is 0 Å². The van der Waals surface area contributed by atoms with Gasteiger partial charge in [-0.2, -0.15) is 0 Å². The Morgan fingerprint density at radius 3 is 2.24 bits per heavy atom. The van der Waals surface area contributed by atoms with Crippen LogP contribution >= 0.6 is 11.3 Å². The van der Waals surface area contributed by atoms with E-state index in [0.29, 0.717) is 30.7 Å². The van der Waals surface area contributed by atoms with Gasteiger partial charge in [0.25, 0.3) is 5.91 Å². The number of nitrogens with two attached hydrogens (primary N) is 1. The summed E-state index contributed by atoms with van der Waals surface area (Å²) in [5, 5.41) is 8.26. The van der Waals surface area contributed by atoms with Crippen LogP contribution in [0, 0.1) is 11.8 Å². The van der Waals surface area contributed by atoms with Crippen LogP contribution in [0.3, 0.4) is 0 Å². The number of rotatable bonds is 20. The van der Waals surface area contributed by atoms with E-state index in [9.17, 15) is 19.2 Å². The van der Waals surface area contributed by atoms with E-state index < -0.39 is 12.1 Å². The first-order valence-electron chi connectivity index (χ1n) is 17.8. The summed E-state index contributed by atoms with van der Waals surface area (Å²) >= 11 is 1.24. The van der Waals surface area contributed by atoms with Crippen LogP contribution in [0.2, 0.25) is 0 Å². The van der Waals surface area contributed by atoms with E-state index in [2.05, 4.69) is 28.3 Å². The molecule has 0 bridgehead atoms. The molecule has 4 N–H and O–H groups in total. The number of benzene rings is 1. The minimum absolute atomic E-state index is 0.0332. The van der Waals surface area contributed by atoms with Crippen molar-refractivity contribution in [3.63, 3.8) is 0 Å². The number of nitrogens with one attached hydrogen (secondary N) is 2. The summed E-state index contributed by atoms with van der Waals surface area (Å²) in [6.07, 6.45) is 6.92.